The van der Waals surface area contributed by atoms with Crippen LogP contribution in [0.25, 0.3) is 38.8 Å². The van der Waals surface area contributed by atoms with Crippen LogP contribution in [0.3, 0.4) is 0 Å². The molecule has 7 aromatic rings. The van der Waals surface area contributed by atoms with Gasteiger partial charge in [0, 0.05) is 50.0 Å². The Labute approximate surface area is 346 Å². The van der Waals surface area contributed by atoms with Gasteiger partial charge in [0.2, 0.25) is 0 Å². The van der Waals surface area contributed by atoms with Gasteiger partial charge in [0.15, 0.2) is 0 Å². The molecule has 2 aromatic heterocycles. The van der Waals surface area contributed by atoms with E-state index in [-0.39, 0.29) is 37.3 Å². The van der Waals surface area contributed by atoms with E-state index in [0.29, 0.717) is 11.5 Å². The van der Waals surface area contributed by atoms with E-state index in [1.165, 1.54) is 22.3 Å². The molecule has 6 heteroatoms. The predicted molar refractivity (Wildman–Crippen MR) is 229 cm³/mol. The van der Waals surface area contributed by atoms with Crippen molar-refractivity contribution >= 4 is 33.2 Å². The Kier molecular flexibility index (Phi) is 10.3. The van der Waals surface area contributed by atoms with Crippen LogP contribution in [0.15, 0.2) is 128 Å². The molecule has 5 nitrogen and oxygen atoms in total. The van der Waals surface area contributed by atoms with Gasteiger partial charge in [0.1, 0.15) is 5.82 Å². The molecule has 0 fully saturated rings. The van der Waals surface area contributed by atoms with E-state index in [2.05, 4.69) is 211 Å². The van der Waals surface area contributed by atoms with Crippen molar-refractivity contribution in [2.75, 3.05) is 9.80 Å². The predicted octanol–water partition coefficient (Wildman–Crippen LogP) is 13.0. The zero-order valence-corrected chi connectivity index (χ0v) is 36.0. The van der Waals surface area contributed by atoms with Crippen LogP contribution >= 0.6 is 0 Å². The van der Waals surface area contributed by atoms with Crippen molar-refractivity contribution in [3.8, 4) is 28.4 Å². The molecule has 0 bridgehead atoms. The topological polar surface area (TPSA) is 33.5 Å². The average Bonchev–Trinajstić information content (AvgIpc) is 3.78. The SMILES string of the molecule is CC(C)(C)c1cc(Oc2[c-]c3c(cc2)c2ccccc2n3-c2cc(C(C)(C)C)ccn2)[c-]c(N2C=CN(c3cc(-c4ccccc4)cc(C(C)(C)C)c3)[CH-]2)c1.[Pt]. The monoisotopic (exact) mass is 916 g/mol. The number of hydrogen-bond donors (Lipinski definition) is 0. The summed E-state index contributed by atoms with van der Waals surface area (Å²) in [6, 6.07) is 45.9. The van der Waals surface area contributed by atoms with E-state index in [0.717, 1.165) is 44.6 Å². The summed E-state index contributed by atoms with van der Waals surface area (Å²) in [6.07, 6.45) is 6.10. The number of pyridine rings is 1. The Hall–Kier alpha value is -5.12. The zero-order valence-electron chi connectivity index (χ0n) is 33.7. The average molecular weight is 917 g/mol. The molecule has 1 aliphatic heterocycles. The second kappa shape index (κ2) is 14.8. The van der Waals surface area contributed by atoms with E-state index < -0.39 is 0 Å². The minimum atomic E-state index is -0.124. The minimum Gasteiger partial charge on any atom is -0.509 e. The van der Waals surface area contributed by atoms with E-state index in [1.54, 1.807) is 0 Å². The molecule has 3 heterocycles. The molecule has 0 saturated carbocycles. The Morgan fingerprint density at radius 2 is 1.25 bits per heavy atom. The standard InChI is InChI=1S/C50H49N4O.Pt/c1-48(2,3)36-21-22-51-47(30-36)54-45-18-14-13-17-43(45)44-20-19-41(32-46(44)54)55-42-29-38(50(7,8)9)28-40(31-42)53-24-23-52(33-53)39-26-35(34-15-11-10-12-16-34)25-37(27-39)49(4,5)6;/h10-30,33H,1-9H3;/q-3;. The Bertz CT molecular complexity index is 2570. The molecule has 1 aliphatic rings. The molecule has 56 heavy (non-hydrogen) atoms. The number of benzene rings is 5. The fourth-order valence-electron chi connectivity index (χ4n) is 7.09. The summed E-state index contributed by atoms with van der Waals surface area (Å²) in [5.74, 6) is 2.11. The summed E-state index contributed by atoms with van der Waals surface area (Å²) >= 11 is 0. The van der Waals surface area contributed by atoms with Gasteiger partial charge in [0.05, 0.1) is 0 Å². The van der Waals surface area contributed by atoms with Gasteiger partial charge in [0.25, 0.3) is 0 Å². The van der Waals surface area contributed by atoms with Crippen molar-refractivity contribution in [3.63, 3.8) is 0 Å². The van der Waals surface area contributed by atoms with E-state index in [4.69, 9.17) is 9.72 Å². The largest absolute Gasteiger partial charge is 0.509 e. The molecule has 288 valence electrons. The third-order valence-electron chi connectivity index (χ3n) is 10.4. The number of hydrogen-bond acceptors (Lipinski definition) is 4. The molecule has 0 aliphatic carbocycles. The van der Waals surface area contributed by atoms with Crippen LogP contribution in [0.2, 0.25) is 0 Å². The van der Waals surface area contributed by atoms with Gasteiger partial charge in [-0.3, -0.25) is 0 Å². The molecule has 8 rings (SSSR count). The number of nitrogens with zero attached hydrogens (tertiary/aromatic N) is 4. The van der Waals surface area contributed by atoms with E-state index in [9.17, 15) is 0 Å². The number of anilines is 2. The first-order valence-corrected chi connectivity index (χ1v) is 19.1. The van der Waals surface area contributed by atoms with Gasteiger partial charge in [-0.15, -0.1) is 53.6 Å². The number of ether oxygens (including phenoxy) is 1. The maximum atomic E-state index is 6.69. The van der Waals surface area contributed by atoms with E-state index >= 15 is 0 Å². The van der Waals surface area contributed by atoms with Crippen LogP contribution in [0.4, 0.5) is 11.4 Å². The third kappa shape index (κ3) is 7.80. The fourth-order valence-corrected chi connectivity index (χ4v) is 7.09. The van der Waals surface area contributed by atoms with Crippen molar-refractivity contribution in [2.45, 2.75) is 78.6 Å². The number of fused-ring (bicyclic) bond motifs is 3. The Morgan fingerprint density at radius 1 is 0.571 bits per heavy atom. The van der Waals surface area contributed by atoms with Crippen molar-refractivity contribution in [2.24, 2.45) is 0 Å². The second-order valence-corrected chi connectivity index (χ2v) is 17.7. The maximum absolute atomic E-state index is 6.69. The maximum Gasteiger partial charge on any atom is 0.135 e. The fraction of sp³-hybridized carbons (Fsp3) is 0.240. The van der Waals surface area contributed by atoms with Gasteiger partial charge in [-0.2, -0.15) is 6.07 Å². The van der Waals surface area contributed by atoms with Crippen LogP contribution in [-0.2, 0) is 37.3 Å². The third-order valence-corrected chi connectivity index (χ3v) is 10.4. The molecule has 0 amide bonds. The molecule has 0 saturated heterocycles. The Morgan fingerprint density at radius 3 is 1.98 bits per heavy atom. The van der Waals surface area contributed by atoms with Crippen molar-refractivity contribution < 1.29 is 25.8 Å². The van der Waals surface area contributed by atoms with Crippen LogP contribution in [-0.4, -0.2) is 9.55 Å². The molecule has 0 N–H and O–H groups in total. The molecule has 0 radical (unpaired) electrons. The molecule has 0 spiro atoms. The molecule has 0 atom stereocenters. The normalized spacial score (nSPS) is 13.4. The first kappa shape index (κ1) is 39.1. The Balaban J connectivity index is 0.00000480. The van der Waals surface area contributed by atoms with Gasteiger partial charge in [-0.1, -0.05) is 122 Å². The molecular weight excluding hydrogens is 868 g/mol. The zero-order chi connectivity index (χ0) is 38.7. The van der Waals surface area contributed by atoms with Crippen molar-refractivity contribution in [3.05, 3.63) is 163 Å². The van der Waals surface area contributed by atoms with Gasteiger partial charge in [-0.05, 0) is 86.6 Å². The first-order valence-electron chi connectivity index (χ1n) is 19.1. The molecular formula is C50H49N4OPt-3. The summed E-state index contributed by atoms with van der Waals surface area (Å²) < 4.78 is 8.89. The van der Waals surface area contributed by atoms with E-state index in [1.807, 2.05) is 12.3 Å². The summed E-state index contributed by atoms with van der Waals surface area (Å²) in [4.78, 5) is 9.15. The van der Waals surface area contributed by atoms with Gasteiger partial charge in [-0.25, -0.2) is 4.98 Å². The van der Waals surface area contributed by atoms with Crippen molar-refractivity contribution in [1.29, 1.82) is 0 Å². The first-order chi connectivity index (χ1) is 26.1. The molecule has 5 aromatic carbocycles. The molecule has 0 unspecified atom stereocenters. The summed E-state index contributed by atoms with van der Waals surface area (Å²) in [7, 11) is 0. The summed E-state index contributed by atoms with van der Waals surface area (Å²) in [6.45, 7) is 22.3. The van der Waals surface area contributed by atoms with Gasteiger partial charge >= 0.3 is 0 Å². The number of rotatable bonds is 6. The van der Waals surface area contributed by atoms with Crippen LogP contribution < -0.4 is 14.5 Å². The smallest absolute Gasteiger partial charge is 0.135 e. The van der Waals surface area contributed by atoms with Crippen LogP contribution in [0.1, 0.15) is 79.0 Å². The minimum absolute atomic E-state index is 0. The van der Waals surface area contributed by atoms with Gasteiger partial charge < -0.3 is 19.1 Å². The van der Waals surface area contributed by atoms with Crippen LogP contribution in [0.5, 0.6) is 11.5 Å². The second-order valence-electron chi connectivity index (χ2n) is 17.7. The summed E-state index contributed by atoms with van der Waals surface area (Å²) in [5, 5.41) is 2.25. The number of para-hydroxylation sites is 1. The number of aromatic nitrogens is 2. The summed E-state index contributed by atoms with van der Waals surface area (Å²) in [5.41, 5.74) is 9.92. The quantitative estimate of drug-likeness (QED) is 0.156. The van der Waals surface area contributed by atoms with Crippen LogP contribution in [0, 0.1) is 18.8 Å². The van der Waals surface area contributed by atoms with Crippen molar-refractivity contribution in [1.82, 2.24) is 9.55 Å².